The SMILES string of the molecule is COC(=O)C1CCN(C(=O)n2cc[n+](C)c2)C1.[I-]. The van der Waals surface area contributed by atoms with Crippen LogP contribution in [0, 0.1) is 5.92 Å². The minimum Gasteiger partial charge on any atom is -1.00 e. The number of likely N-dealkylation sites (tertiary alicyclic amines) is 1. The van der Waals surface area contributed by atoms with Crippen molar-refractivity contribution in [2.45, 2.75) is 6.42 Å². The van der Waals surface area contributed by atoms with Crippen LogP contribution in [-0.2, 0) is 16.6 Å². The fourth-order valence-corrected chi connectivity index (χ4v) is 2.02. The first-order chi connectivity index (χ1) is 8.11. The lowest BCUT2D eigenvalue weighted by Crippen LogP contribution is -3.00. The van der Waals surface area contributed by atoms with Crippen LogP contribution in [0.25, 0.3) is 0 Å². The first-order valence-corrected chi connectivity index (χ1v) is 5.52. The third-order valence-corrected chi connectivity index (χ3v) is 2.98. The second-order valence-corrected chi connectivity index (χ2v) is 4.22. The van der Waals surface area contributed by atoms with Crippen LogP contribution in [0.1, 0.15) is 6.42 Å². The highest BCUT2D eigenvalue weighted by atomic mass is 127. The van der Waals surface area contributed by atoms with Crippen LogP contribution in [0.4, 0.5) is 4.79 Å². The van der Waals surface area contributed by atoms with Crippen LogP contribution in [-0.4, -0.2) is 41.7 Å². The van der Waals surface area contributed by atoms with E-state index in [1.54, 1.807) is 28.2 Å². The van der Waals surface area contributed by atoms with E-state index in [4.69, 9.17) is 0 Å². The molecule has 0 saturated carbocycles. The summed E-state index contributed by atoms with van der Waals surface area (Å²) in [5.41, 5.74) is 0. The summed E-state index contributed by atoms with van der Waals surface area (Å²) in [5, 5.41) is 0. The van der Waals surface area contributed by atoms with Crippen molar-refractivity contribution < 1.29 is 42.9 Å². The number of hydrogen-bond donors (Lipinski definition) is 0. The summed E-state index contributed by atoms with van der Waals surface area (Å²) < 4.78 is 8.00. The summed E-state index contributed by atoms with van der Waals surface area (Å²) in [7, 11) is 3.23. The standard InChI is InChI=1S/C11H16N3O3.HI/c1-12-5-6-14(8-12)11(16)13-4-3-9(7-13)10(15)17-2;/h5-6,8-9H,3-4,7H2,1-2H3;1H/q+1;/p-1. The Morgan fingerprint density at radius 2 is 2.17 bits per heavy atom. The molecule has 100 valence electrons. The minimum absolute atomic E-state index is 0. The van der Waals surface area contributed by atoms with E-state index in [-0.39, 0.29) is 41.9 Å². The van der Waals surface area contributed by atoms with Gasteiger partial charge in [-0.3, -0.25) is 4.79 Å². The summed E-state index contributed by atoms with van der Waals surface area (Å²) >= 11 is 0. The molecular weight excluding hydrogens is 349 g/mol. The van der Waals surface area contributed by atoms with Crippen LogP contribution in [0.15, 0.2) is 18.7 Å². The molecule has 18 heavy (non-hydrogen) atoms. The molecule has 2 rings (SSSR count). The second kappa shape index (κ2) is 6.17. The number of aromatic nitrogens is 2. The van der Waals surface area contributed by atoms with Crippen LogP contribution < -0.4 is 28.5 Å². The maximum absolute atomic E-state index is 12.0. The van der Waals surface area contributed by atoms with Crippen molar-refractivity contribution in [3.8, 4) is 0 Å². The van der Waals surface area contributed by atoms with Gasteiger partial charge < -0.3 is 33.6 Å². The van der Waals surface area contributed by atoms with Crippen molar-refractivity contribution in [3.63, 3.8) is 0 Å². The molecule has 0 aliphatic carbocycles. The van der Waals surface area contributed by atoms with E-state index in [0.29, 0.717) is 19.5 Å². The third kappa shape index (κ3) is 3.01. The molecule has 0 N–H and O–H groups in total. The van der Waals surface area contributed by atoms with E-state index in [1.807, 2.05) is 7.05 Å². The van der Waals surface area contributed by atoms with E-state index in [2.05, 4.69) is 4.74 Å². The lowest BCUT2D eigenvalue weighted by atomic mass is 10.1. The van der Waals surface area contributed by atoms with E-state index in [1.165, 1.54) is 11.7 Å². The normalized spacial score (nSPS) is 18.3. The largest absolute Gasteiger partial charge is 1.00 e. The third-order valence-electron chi connectivity index (χ3n) is 2.98. The van der Waals surface area contributed by atoms with Crippen molar-refractivity contribution in [1.82, 2.24) is 9.47 Å². The van der Waals surface area contributed by atoms with E-state index < -0.39 is 0 Å². The van der Waals surface area contributed by atoms with Gasteiger partial charge in [0.15, 0.2) is 0 Å². The fourth-order valence-electron chi connectivity index (χ4n) is 2.02. The Morgan fingerprint density at radius 1 is 1.44 bits per heavy atom. The van der Waals surface area contributed by atoms with Gasteiger partial charge in [0.2, 0.25) is 0 Å². The average molecular weight is 365 g/mol. The van der Waals surface area contributed by atoms with Gasteiger partial charge in [-0.15, -0.1) is 0 Å². The number of nitrogens with zero attached hydrogens (tertiary/aromatic N) is 3. The summed E-state index contributed by atoms with van der Waals surface area (Å²) in [5.74, 6) is -0.424. The lowest BCUT2D eigenvalue weighted by Gasteiger charge is -2.12. The van der Waals surface area contributed by atoms with Gasteiger partial charge in [0, 0.05) is 13.1 Å². The van der Waals surface area contributed by atoms with Crippen molar-refractivity contribution >= 4 is 12.0 Å². The van der Waals surface area contributed by atoms with Gasteiger partial charge in [-0.1, -0.05) is 0 Å². The molecular formula is C11H16IN3O3. The predicted molar refractivity (Wildman–Crippen MR) is 58.1 cm³/mol. The minimum atomic E-state index is -0.238. The number of hydrogen-bond acceptors (Lipinski definition) is 3. The Kier molecular flexibility index (Phi) is 5.12. The fraction of sp³-hybridized carbons (Fsp3) is 0.545. The zero-order valence-electron chi connectivity index (χ0n) is 10.4. The Morgan fingerprint density at radius 3 is 2.72 bits per heavy atom. The van der Waals surface area contributed by atoms with Crippen LogP contribution >= 0.6 is 0 Å². The van der Waals surface area contributed by atoms with Crippen LogP contribution in [0.2, 0.25) is 0 Å². The molecule has 1 aromatic rings. The first-order valence-electron chi connectivity index (χ1n) is 5.52. The van der Waals surface area contributed by atoms with Crippen molar-refractivity contribution in [2.75, 3.05) is 20.2 Å². The number of amides is 1. The van der Waals surface area contributed by atoms with Crippen LogP contribution in [0.5, 0.6) is 0 Å². The van der Waals surface area contributed by atoms with Crippen molar-refractivity contribution in [2.24, 2.45) is 13.0 Å². The maximum Gasteiger partial charge on any atom is 0.415 e. The van der Waals surface area contributed by atoms with Crippen molar-refractivity contribution in [1.29, 1.82) is 0 Å². The topological polar surface area (TPSA) is 55.4 Å². The molecule has 1 aliphatic heterocycles. The zero-order chi connectivity index (χ0) is 12.4. The van der Waals surface area contributed by atoms with Gasteiger partial charge >= 0.3 is 12.0 Å². The van der Waals surface area contributed by atoms with Crippen LogP contribution in [0.3, 0.4) is 0 Å². The number of ether oxygens (including phenoxy) is 1. The van der Waals surface area contributed by atoms with Gasteiger partial charge in [0.1, 0.15) is 12.4 Å². The smallest absolute Gasteiger partial charge is 0.415 e. The number of rotatable bonds is 1. The van der Waals surface area contributed by atoms with Gasteiger partial charge in [-0.25, -0.2) is 9.36 Å². The van der Waals surface area contributed by atoms with Gasteiger partial charge in [0.25, 0.3) is 6.33 Å². The van der Waals surface area contributed by atoms with Gasteiger partial charge in [0.05, 0.1) is 20.1 Å². The molecule has 0 radical (unpaired) electrons. The van der Waals surface area contributed by atoms with E-state index >= 15 is 0 Å². The molecule has 1 fully saturated rings. The quantitative estimate of drug-likeness (QED) is 0.299. The molecule has 1 atom stereocenters. The number of esters is 1. The first kappa shape index (κ1) is 14.9. The Hall–Kier alpha value is -1.12. The number of imidazole rings is 1. The summed E-state index contributed by atoms with van der Waals surface area (Å²) in [6.07, 6.45) is 5.87. The van der Waals surface area contributed by atoms with Gasteiger partial charge in [-0.05, 0) is 6.42 Å². The molecule has 1 aromatic heterocycles. The molecule has 1 amide bonds. The highest BCUT2D eigenvalue weighted by Crippen LogP contribution is 2.18. The Labute approximate surface area is 123 Å². The molecule has 2 heterocycles. The number of carbonyl (C=O) groups excluding carboxylic acids is 2. The van der Waals surface area contributed by atoms with Gasteiger partial charge in [-0.2, -0.15) is 4.57 Å². The summed E-state index contributed by atoms with van der Waals surface area (Å²) in [6, 6.07) is -0.1000. The van der Waals surface area contributed by atoms with E-state index in [9.17, 15) is 9.59 Å². The highest BCUT2D eigenvalue weighted by Gasteiger charge is 2.34. The summed E-state index contributed by atoms with van der Waals surface area (Å²) in [6.45, 7) is 1.04. The number of aryl methyl sites for hydroxylation is 1. The molecule has 0 spiro atoms. The van der Waals surface area contributed by atoms with E-state index in [0.717, 1.165) is 0 Å². The monoisotopic (exact) mass is 365 g/mol. The maximum atomic E-state index is 12.0. The Bertz CT molecular complexity index is 446. The molecule has 1 saturated heterocycles. The lowest BCUT2D eigenvalue weighted by molar-refractivity contribution is -0.670. The zero-order valence-corrected chi connectivity index (χ0v) is 12.5. The number of methoxy groups -OCH3 is 1. The molecule has 1 unspecified atom stereocenters. The molecule has 0 aromatic carbocycles. The second-order valence-electron chi connectivity index (χ2n) is 4.22. The molecule has 6 nitrogen and oxygen atoms in total. The predicted octanol–water partition coefficient (Wildman–Crippen LogP) is -3.22. The summed E-state index contributed by atoms with van der Waals surface area (Å²) in [4.78, 5) is 25.1. The molecule has 0 bridgehead atoms. The molecule has 7 heteroatoms. The average Bonchev–Trinajstić information content (AvgIpc) is 2.95. The Balaban J connectivity index is 0.00000162. The van der Waals surface area contributed by atoms with Crippen molar-refractivity contribution in [3.05, 3.63) is 18.7 Å². The molecule has 1 aliphatic rings. The number of carbonyl (C=O) groups is 2. The number of halogens is 1. The highest BCUT2D eigenvalue weighted by molar-refractivity contribution is 5.79.